The highest BCUT2D eigenvalue weighted by Crippen LogP contribution is 2.38. The monoisotopic (exact) mass is 534 g/mol. The van der Waals surface area contributed by atoms with Crippen LogP contribution in [-0.4, -0.2) is 31.2 Å². The Kier molecular flexibility index (Phi) is 7.37. The van der Waals surface area contributed by atoms with Crippen LogP contribution in [-0.2, 0) is 9.94 Å². The summed E-state index contributed by atoms with van der Waals surface area (Å²) in [5.41, 5.74) is 3.80. The van der Waals surface area contributed by atoms with Crippen molar-refractivity contribution in [3.8, 4) is 11.5 Å². The molecule has 39 heavy (non-hydrogen) atoms. The Balaban J connectivity index is 1.75. The molecule has 0 aliphatic carbocycles. The molecular formula is C32H32N3O3Si. The lowest BCUT2D eigenvalue weighted by molar-refractivity contribution is 0.337. The van der Waals surface area contributed by atoms with Gasteiger partial charge in [0.2, 0.25) is 0 Å². The fraction of sp³-hybridized carbons (Fsp3) is 0.188. The largest absolute Gasteiger partial charge is 0.504 e. The molecule has 4 aromatic carbocycles. The summed E-state index contributed by atoms with van der Waals surface area (Å²) in [6.45, 7) is 8.76. The number of aryl methyl sites for hydroxylation is 1. The van der Waals surface area contributed by atoms with Crippen LogP contribution >= 0.6 is 0 Å². The number of fused-ring (bicyclic) bond motifs is 1. The summed E-state index contributed by atoms with van der Waals surface area (Å²) >= 11 is 0. The molecule has 5 aromatic rings. The maximum atomic E-state index is 10.4. The van der Waals surface area contributed by atoms with Gasteiger partial charge in [-0.2, -0.15) is 0 Å². The van der Waals surface area contributed by atoms with E-state index in [1.807, 2.05) is 41.5 Å². The highest BCUT2D eigenvalue weighted by atomic mass is 28.3. The summed E-state index contributed by atoms with van der Waals surface area (Å²) in [7, 11) is -0.229. The number of hydrogen-bond acceptors (Lipinski definition) is 6. The minimum Gasteiger partial charge on any atom is -0.504 e. The van der Waals surface area contributed by atoms with Crippen molar-refractivity contribution >= 4 is 41.8 Å². The molecule has 0 aliphatic heterocycles. The van der Waals surface area contributed by atoms with Crippen LogP contribution in [0.25, 0.3) is 10.9 Å². The van der Waals surface area contributed by atoms with Gasteiger partial charge in [0.25, 0.3) is 0 Å². The number of anilines is 2. The van der Waals surface area contributed by atoms with E-state index in [4.69, 9.17) is 14.2 Å². The van der Waals surface area contributed by atoms with Crippen LogP contribution in [0.4, 0.5) is 11.5 Å². The van der Waals surface area contributed by atoms with E-state index >= 15 is 0 Å². The summed E-state index contributed by atoms with van der Waals surface area (Å²) in [5, 5.41) is 15.2. The lowest BCUT2D eigenvalue weighted by Crippen LogP contribution is -2.48. The van der Waals surface area contributed by atoms with Gasteiger partial charge in [-0.3, -0.25) is 0 Å². The number of hydrogen-bond donors (Lipinski definition) is 1. The van der Waals surface area contributed by atoms with E-state index in [0.29, 0.717) is 22.5 Å². The summed E-state index contributed by atoms with van der Waals surface area (Å²) in [5.74, 6) is 0.927. The molecule has 1 heterocycles. The molecule has 0 aliphatic rings. The summed E-state index contributed by atoms with van der Waals surface area (Å²) in [6.07, 6.45) is 1.50. The lowest BCUT2D eigenvalue weighted by Gasteiger charge is -2.30. The average Bonchev–Trinajstić information content (AvgIpc) is 2.94. The van der Waals surface area contributed by atoms with Gasteiger partial charge < -0.3 is 14.4 Å². The second-order valence-corrected chi connectivity index (χ2v) is 12.4. The Morgan fingerprint density at radius 1 is 0.821 bits per heavy atom. The Morgan fingerprint density at radius 2 is 1.46 bits per heavy atom. The predicted octanol–water partition coefficient (Wildman–Crippen LogP) is 5.83. The normalized spacial score (nSPS) is 11.6. The molecule has 0 spiro atoms. The third-order valence-corrected chi connectivity index (χ3v) is 8.71. The first-order chi connectivity index (χ1) is 18.8. The van der Waals surface area contributed by atoms with Gasteiger partial charge in [0.05, 0.1) is 18.3 Å². The smallest absolute Gasteiger partial charge is 0.321 e. The molecule has 0 saturated heterocycles. The molecule has 0 amide bonds. The molecule has 0 fully saturated rings. The van der Waals surface area contributed by atoms with Crippen LogP contribution < -0.4 is 20.2 Å². The maximum absolute atomic E-state index is 10.4. The third kappa shape index (κ3) is 5.50. The van der Waals surface area contributed by atoms with Crippen molar-refractivity contribution in [3.05, 3.63) is 108 Å². The van der Waals surface area contributed by atoms with E-state index in [-0.39, 0.29) is 11.2 Å². The first-order valence-corrected chi connectivity index (χ1v) is 14.3. The first kappa shape index (κ1) is 26.4. The molecule has 0 atom stereocenters. The molecule has 1 N–H and O–H groups in total. The Bertz CT molecular complexity index is 1550. The van der Waals surface area contributed by atoms with Crippen molar-refractivity contribution in [2.75, 3.05) is 12.2 Å². The summed E-state index contributed by atoms with van der Waals surface area (Å²) in [4.78, 5) is 9.13. The highest BCUT2D eigenvalue weighted by molar-refractivity contribution is 6.80. The Hall–Kier alpha value is -4.20. The zero-order valence-corrected chi connectivity index (χ0v) is 23.8. The van der Waals surface area contributed by atoms with Crippen molar-refractivity contribution in [1.82, 2.24) is 9.97 Å². The quantitative estimate of drug-likeness (QED) is 0.209. The summed E-state index contributed by atoms with van der Waals surface area (Å²) < 4.78 is 12.5. The molecule has 5 rings (SSSR count). The molecular weight excluding hydrogens is 502 g/mol. The summed E-state index contributed by atoms with van der Waals surface area (Å²) in [6, 6.07) is 30.3. The topological polar surface area (TPSA) is 67.7 Å². The van der Waals surface area contributed by atoms with Crippen molar-refractivity contribution in [1.29, 1.82) is 0 Å². The number of benzene rings is 4. The van der Waals surface area contributed by atoms with Crippen molar-refractivity contribution in [2.24, 2.45) is 0 Å². The van der Waals surface area contributed by atoms with Crippen LogP contribution in [0, 0.1) is 6.92 Å². The van der Waals surface area contributed by atoms with Gasteiger partial charge in [0.15, 0.2) is 17.3 Å². The molecule has 1 aromatic heterocycles. The number of nitrogens with zero attached hydrogens (tertiary/aromatic N) is 3. The van der Waals surface area contributed by atoms with Crippen molar-refractivity contribution in [3.63, 3.8) is 0 Å². The SMILES string of the molecule is COc1cc2c(N(O[Si](c3ccccc3)c3ccccc3)c3ccc(C)c(C(C)(C)C)c3)ncnc2cc1O. The number of aromatic nitrogens is 2. The van der Waals surface area contributed by atoms with E-state index in [1.54, 1.807) is 12.1 Å². The molecule has 7 heteroatoms. The van der Waals surface area contributed by atoms with Crippen LogP contribution in [0.2, 0.25) is 0 Å². The Labute approximate surface area is 231 Å². The highest BCUT2D eigenvalue weighted by Gasteiger charge is 2.28. The molecule has 6 nitrogen and oxygen atoms in total. The Morgan fingerprint density at radius 3 is 2.05 bits per heavy atom. The first-order valence-electron chi connectivity index (χ1n) is 12.8. The van der Waals surface area contributed by atoms with Crippen molar-refractivity contribution < 1.29 is 14.4 Å². The van der Waals surface area contributed by atoms with Gasteiger partial charge in [-0.05, 0) is 52.0 Å². The predicted molar refractivity (Wildman–Crippen MR) is 159 cm³/mol. The van der Waals surface area contributed by atoms with Crippen LogP contribution in [0.1, 0.15) is 31.9 Å². The van der Waals surface area contributed by atoms with E-state index in [2.05, 4.69) is 75.1 Å². The number of phenolic OH excluding ortho intramolecular Hbond substituents is 1. The van der Waals surface area contributed by atoms with Crippen LogP contribution in [0.15, 0.2) is 97.3 Å². The fourth-order valence-corrected chi connectivity index (χ4v) is 6.60. The third-order valence-electron chi connectivity index (χ3n) is 6.63. The van der Waals surface area contributed by atoms with Gasteiger partial charge >= 0.3 is 9.04 Å². The number of aromatic hydroxyl groups is 1. The second kappa shape index (κ2) is 10.9. The molecule has 197 valence electrons. The van der Waals surface area contributed by atoms with Crippen molar-refractivity contribution in [2.45, 2.75) is 33.1 Å². The second-order valence-electron chi connectivity index (χ2n) is 10.4. The zero-order chi connectivity index (χ0) is 27.6. The number of rotatable bonds is 7. The van der Waals surface area contributed by atoms with Gasteiger partial charge in [-0.15, -0.1) is 0 Å². The fourth-order valence-electron chi connectivity index (χ4n) is 4.69. The van der Waals surface area contributed by atoms with Gasteiger partial charge in [0, 0.05) is 11.5 Å². The van der Waals surface area contributed by atoms with Crippen LogP contribution in [0.3, 0.4) is 0 Å². The van der Waals surface area contributed by atoms with Gasteiger partial charge in [-0.1, -0.05) is 87.5 Å². The standard InChI is InChI=1S/C32H32N3O3Si/c1-22-16-17-23(18-27(22)32(2,3)4)35(31-26-19-30(37-5)29(36)20-28(26)33-21-34-31)38-39(24-12-8-6-9-13-24)25-14-10-7-11-15-25/h6-21,36H,1-5H3. The lowest BCUT2D eigenvalue weighted by atomic mass is 9.84. The molecule has 0 unspecified atom stereocenters. The van der Waals surface area contributed by atoms with E-state index < -0.39 is 9.04 Å². The van der Waals surface area contributed by atoms with E-state index in [0.717, 1.165) is 16.1 Å². The van der Waals surface area contributed by atoms with E-state index in [9.17, 15) is 5.11 Å². The maximum Gasteiger partial charge on any atom is 0.321 e. The average molecular weight is 535 g/mol. The minimum atomic E-state index is -1.76. The minimum absolute atomic E-state index is 0.0193. The number of phenols is 1. The molecule has 0 bridgehead atoms. The van der Waals surface area contributed by atoms with E-state index in [1.165, 1.54) is 24.6 Å². The van der Waals surface area contributed by atoms with Gasteiger partial charge in [-0.25, -0.2) is 15.0 Å². The van der Waals surface area contributed by atoms with Gasteiger partial charge in [0.1, 0.15) is 6.33 Å². The van der Waals surface area contributed by atoms with Crippen LogP contribution in [0.5, 0.6) is 11.5 Å². The number of methoxy groups -OCH3 is 1. The molecule has 0 saturated carbocycles. The zero-order valence-electron chi connectivity index (χ0n) is 22.8. The number of ether oxygens (including phenoxy) is 1. The molecule has 1 radical (unpaired) electrons.